The van der Waals surface area contributed by atoms with Crippen LogP contribution < -0.4 is 15.7 Å². The zero-order valence-electron chi connectivity index (χ0n) is 20.2. The largest absolute Gasteiger partial charge is 0.488 e. The summed E-state index contributed by atoms with van der Waals surface area (Å²) in [5.41, 5.74) is 2.66. The van der Waals surface area contributed by atoms with Gasteiger partial charge >= 0.3 is 5.63 Å². The minimum Gasteiger partial charge on any atom is -0.488 e. The van der Waals surface area contributed by atoms with Crippen molar-refractivity contribution in [3.05, 3.63) is 68.9 Å². The second-order valence-corrected chi connectivity index (χ2v) is 9.34. The van der Waals surface area contributed by atoms with Crippen molar-refractivity contribution in [1.29, 1.82) is 0 Å². The van der Waals surface area contributed by atoms with Crippen molar-refractivity contribution in [2.75, 3.05) is 32.1 Å². The molecule has 0 saturated carbocycles. The number of halogens is 1. The van der Waals surface area contributed by atoms with Crippen molar-refractivity contribution in [2.24, 2.45) is 0 Å². The van der Waals surface area contributed by atoms with Crippen molar-refractivity contribution in [1.82, 2.24) is 14.9 Å². The lowest BCUT2D eigenvalue weighted by atomic mass is 9.93. The smallest absolute Gasteiger partial charge is 0.340 e. The lowest BCUT2D eigenvalue weighted by Gasteiger charge is -2.31. The number of ether oxygens (including phenoxy) is 1. The fourth-order valence-electron chi connectivity index (χ4n) is 4.29. The molecule has 1 aromatic carbocycles. The van der Waals surface area contributed by atoms with Crippen molar-refractivity contribution < 1.29 is 13.9 Å². The number of carbonyl (C=O) groups excluding carboxylic acids is 1. The predicted octanol–water partition coefficient (Wildman–Crippen LogP) is 4.49. The van der Waals surface area contributed by atoms with Crippen LogP contribution in [0.25, 0.3) is 11.0 Å². The number of rotatable bonds is 7. The first kappa shape index (κ1) is 24.7. The monoisotopic (exact) mass is 496 g/mol. The lowest BCUT2D eigenvalue weighted by molar-refractivity contribution is -0.131. The van der Waals surface area contributed by atoms with Gasteiger partial charge in [-0.05, 0) is 43.9 Å². The number of fused-ring (bicyclic) bond motifs is 1. The van der Waals surface area contributed by atoms with Gasteiger partial charge in [0.05, 0.1) is 28.9 Å². The number of aromatic nitrogens is 2. The average Bonchev–Trinajstić information content (AvgIpc) is 2.86. The minimum atomic E-state index is -0.523. The quantitative estimate of drug-likeness (QED) is 0.380. The van der Waals surface area contributed by atoms with E-state index in [4.69, 9.17) is 20.8 Å². The maximum absolute atomic E-state index is 13.1. The lowest BCUT2D eigenvalue weighted by Crippen LogP contribution is -2.39. The normalized spacial score (nSPS) is 14.2. The predicted molar refractivity (Wildman–Crippen MR) is 136 cm³/mol. The van der Waals surface area contributed by atoms with Gasteiger partial charge in [0, 0.05) is 43.7 Å². The van der Waals surface area contributed by atoms with Gasteiger partial charge in [0.2, 0.25) is 5.91 Å². The molecule has 0 atom stereocenters. The molecule has 35 heavy (non-hydrogen) atoms. The first-order chi connectivity index (χ1) is 16.8. The van der Waals surface area contributed by atoms with Crippen LogP contribution in [0.4, 0.5) is 5.82 Å². The fourth-order valence-corrected chi connectivity index (χ4v) is 4.51. The molecule has 1 N–H and O–H groups in total. The molecule has 3 aromatic rings. The van der Waals surface area contributed by atoms with Gasteiger partial charge < -0.3 is 19.4 Å². The van der Waals surface area contributed by atoms with E-state index in [2.05, 4.69) is 21.9 Å². The Balaban J connectivity index is 1.48. The van der Waals surface area contributed by atoms with E-state index in [1.54, 1.807) is 29.4 Å². The summed E-state index contributed by atoms with van der Waals surface area (Å²) in [4.78, 5) is 36.5. The molecule has 0 bridgehead atoms. The summed E-state index contributed by atoms with van der Waals surface area (Å²) < 4.78 is 11.2. The molecule has 184 valence electrons. The van der Waals surface area contributed by atoms with Gasteiger partial charge in [0.1, 0.15) is 23.8 Å². The van der Waals surface area contributed by atoms with Crippen LogP contribution in [0.5, 0.6) is 5.75 Å². The van der Waals surface area contributed by atoms with Gasteiger partial charge in [0.25, 0.3) is 0 Å². The summed E-state index contributed by atoms with van der Waals surface area (Å²) in [6.45, 7) is 8.98. The summed E-state index contributed by atoms with van der Waals surface area (Å²) in [5, 5.41) is 4.09. The zero-order chi connectivity index (χ0) is 25.1. The third-order valence-electron chi connectivity index (χ3n) is 6.32. The van der Waals surface area contributed by atoms with Crippen molar-refractivity contribution >= 4 is 34.3 Å². The number of carbonyl (C=O) groups is 1. The Kier molecular flexibility index (Phi) is 7.40. The molecule has 1 fully saturated rings. The molecule has 1 aliphatic rings. The zero-order valence-corrected chi connectivity index (χ0v) is 20.9. The highest BCUT2D eigenvalue weighted by Gasteiger charge is 2.26. The average molecular weight is 497 g/mol. The summed E-state index contributed by atoms with van der Waals surface area (Å²) in [5.74, 6) is 1.30. The molecule has 4 rings (SSSR count). The van der Waals surface area contributed by atoms with E-state index in [1.807, 2.05) is 20.9 Å². The molecule has 0 radical (unpaired) electrons. The van der Waals surface area contributed by atoms with Gasteiger partial charge in [-0.1, -0.05) is 18.2 Å². The molecule has 2 aromatic heterocycles. The number of likely N-dealkylation sites (tertiary alicyclic amines) is 1. The van der Waals surface area contributed by atoms with E-state index in [0.717, 1.165) is 29.9 Å². The van der Waals surface area contributed by atoms with Crippen molar-refractivity contribution in [2.45, 2.75) is 39.0 Å². The molecule has 0 aliphatic carbocycles. The molecule has 3 heterocycles. The number of nitrogens with one attached hydrogen (secondary N) is 1. The molecule has 1 amide bonds. The van der Waals surface area contributed by atoms with Crippen LogP contribution in [0.3, 0.4) is 0 Å². The number of amides is 1. The number of anilines is 1. The SMILES string of the molecule is C=C(C)COc1cc2oc(=O)c(CC(=O)N3CCC(c4cncc(NC)n4)CC3)c(C)c2cc1Cl. The second kappa shape index (κ2) is 10.5. The highest BCUT2D eigenvalue weighted by Crippen LogP contribution is 2.33. The van der Waals surface area contributed by atoms with E-state index in [9.17, 15) is 9.59 Å². The minimum absolute atomic E-state index is 0.0185. The van der Waals surface area contributed by atoms with Gasteiger partial charge in [-0.15, -0.1) is 0 Å². The fraction of sp³-hybridized carbons (Fsp3) is 0.385. The van der Waals surface area contributed by atoms with E-state index in [1.165, 1.54) is 0 Å². The van der Waals surface area contributed by atoms with E-state index in [0.29, 0.717) is 52.6 Å². The van der Waals surface area contributed by atoms with Crippen LogP contribution in [-0.4, -0.2) is 47.5 Å². The Labute approximate surface area is 209 Å². The van der Waals surface area contributed by atoms with E-state index in [-0.39, 0.29) is 18.2 Å². The highest BCUT2D eigenvalue weighted by molar-refractivity contribution is 6.32. The molecule has 0 spiro atoms. The molecule has 1 aliphatic heterocycles. The molecular weight excluding hydrogens is 468 g/mol. The van der Waals surface area contributed by atoms with Crippen molar-refractivity contribution in [3.63, 3.8) is 0 Å². The Bertz CT molecular complexity index is 1330. The van der Waals surface area contributed by atoms with E-state index >= 15 is 0 Å². The summed E-state index contributed by atoms with van der Waals surface area (Å²) in [6.07, 6.45) is 5.04. The van der Waals surface area contributed by atoms with Crippen LogP contribution in [0.15, 0.2) is 45.9 Å². The summed E-state index contributed by atoms with van der Waals surface area (Å²) in [6, 6.07) is 3.32. The van der Waals surface area contributed by atoms with Crippen LogP contribution in [-0.2, 0) is 11.2 Å². The van der Waals surface area contributed by atoms with Crippen LogP contribution in [0.2, 0.25) is 5.02 Å². The number of benzene rings is 1. The van der Waals surface area contributed by atoms with Gasteiger partial charge in [0.15, 0.2) is 0 Å². The number of nitrogens with zero attached hydrogens (tertiary/aromatic N) is 3. The number of piperidine rings is 1. The number of hydrogen-bond acceptors (Lipinski definition) is 7. The maximum atomic E-state index is 13.1. The number of hydrogen-bond donors (Lipinski definition) is 1. The van der Waals surface area contributed by atoms with Gasteiger partial charge in [-0.2, -0.15) is 0 Å². The van der Waals surface area contributed by atoms with E-state index < -0.39 is 5.63 Å². The molecule has 9 heteroatoms. The molecule has 0 unspecified atom stereocenters. The first-order valence-electron chi connectivity index (χ1n) is 11.6. The maximum Gasteiger partial charge on any atom is 0.340 e. The Morgan fingerprint density at radius 2 is 2.06 bits per heavy atom. The second-order valence-electron chi connectivity index (χ2n) is 8.93. The van der Waals surface area contributed by atoms with Gasteiger partial charge in [-0.3, -0.25) is 9.78 Å². The topological polar surface area (TPSA) is 97.6 Å². The Hall–Kier alpha value is -3.39. The molecule has 1 saturated heterocycles. The standard InChI is InChI=1S/C26H29ClN4O4/c1-15(2)14-34-23-11-22-18(9-20(23)27)16(3)19(26(33)35-22)10-25(32)31-7-5-17(6-8-31)21-12-29-13-24(28-4)30-21/h9,11-13,17H,1,5-8,10,14H2,2-4H3,(H,28,30). The Morgan fingerprint density at radius 3 is 2.74 bits per heavy atom. The van der Waals surface area contributed by atoms with Gasteiger partial charge in [-0.25, -0.2) is 9.78 Å². The van der Waals surface area contributed by atoms with Crippen LogP contribution in [0.1, 0.15) is 42.5 Å². The summed E-state index contributed by atoms with van der Waals surface area (Å²) >= 11 is 6.40. The Morgan fingerprint density at radius 1 is 1.31 bits per heavy atom. The first-order valence-corrected chi connectivity index (χ1v) is 11.9. The number of aryl methyl sites for hydroxylation is 1. The highest BCUT2D eigenvalue weighted by atomic mass is 35.5. The van der Waals surface area contributed by atoms with Crippen LogP contribution in [0, 0.1) is 6.92 Å². The van der Waals surface area contributed by atoms with Crippen LogP contribution >= 0.6 is 11.6 Å². The molecule has 8 nitrogen and oxygen atoms in total. The molecular formula is C26H29ClN4O4. The third kappa shape index (κ3) is 5.48. The van der Waals surface area contributed by atoms with Crippen molar-refractivity contribution in [3.8, 4) is 5.75 Å². The third-order valence-corrected chi connectivity index (χ3v) is 6.61. The summed E-state index contributed by atoms with van der Waals surface area (Å²) in [7, 11) is 1.81.